The van der Waals surface area contributed by atoms with Crippen LogP contribution in [-0.4, -0.2) is 33.1 Å². The molecule has 2 aliphatic rings. The fraction of sp³-hybridized carbons (Fsp3) is 0.350. The molecule has 2 aromatic rings. The molecule has 0 saturated heterocycles. The monoisotopic (exact) mass is 435 g/mol. The largest absolute Gasteiger partial charge is 0.493 e. The highest BCUT2D eigenvalue weighted by molar-refractivity contribution is 7.90. The van der Waals surface area contributed by atoms with Crippen molar-refractivity contribution in [2.24, 2.45) is 5.92 Å². The molecule has 1 aliphatic heterocycles. The van der Waals surface area contributed by atoms with Crippen LogP contribution >= 0.6 is 0 Å². The van der Waals surface area contributed by atoms with Crippen LogP contribution < -0.4 is 18.9 Å². The minimum absolute atomic E-state index is 0.0703. The van der Waals surface area contributed by atoms with Crippen LogP contribution in [-0.2, 0) is 23.3 Å². The smallest absolute Gasteiger partial charge is 0.415 e. The van der Waals surface area contributed by atoms with E-state index in [2.05, 4.69) is 9.44 Å². The van der Waals surface area contributed by atoms with Gasteiger partial charge in [0.05, 0.1) is 25.4 Å². The van der Waals surface area contributed by atoms with Gasteiger partial charge in [-0.15, -0.1) is 0 Å². The maximum Gasteiger partial charge on any atom is 0.415 e. The van der Waals surface area contributed by atoms with Crippen LogP contribution in [0.3, 0.4) is 0 Å². The van der Waals surface area contributed by atoms with Gasteiger partial charge in [-0.05, 0) is 37.0 Å². The summed E-state index contributed by atoms with van der Waals surface area (Å²) in [6, 6.07) is 9.65. The molecule has 160 valence electrons. The van der Waals surface area contributed by atoms with E-state index in [1.165, 1.54) is 43.0 Å². The number of carbonyl (C=O) groups excluding carboxylic acids is 1. The molecule has 0 radical (unpaired) electrons. The average Bonchev–Trinajstić information content (AvgIpc) is 3.54. The molecule has 10 heteroatoms. The average molecular weight is 435 g/mol. The fourth-order valence-corrected chi connectivity index (χ4v) is 3.63. The zero-order valence-electron chi connectivity index (χ0n) is 16.4. The van der Waals surface area contributed by atoms with E-state index < -0.39 is 22.1 Å². The standard InChI is InChI=1S/C20H22FN3O5S/c1-22-30(26,27)23-17-4-2-3-15(19(17)21)11-24-10-14-7-8-16(28-12-13-5-6-13)9-18(14)29-20(24)25/h2-4,7-9,13,22-23H,5-6,10-12H2,1H3. The van der Waals surface area contributed by atoms with E-state index in [0.29, 0.717) is 24.0 Å². The van der Waals surface area contributed by atoms with Gasteiger partial charge in [-0.3, -0.25) is 9.62 Å². The first kappa shape index (κ1) is 20.4. The number of hydrogen-bond donors (Lipinski definition) is 2. The molecule has 1 aliphatic carbocycles. The lowest BCUT2D eigenvalue weighted by Crippen LogP contribution is -2.36. The molecular weight excluding hydrogens is 413 g/mol. The second kappa shape index (κ2) is 8.11. The number of halogens is 1. The van der Waals surface area contributed by atoms with Crippen LogP contribution in [0, 0.1) is 11.7 Å². The van der Waals surface area contributed by atoms with E-state index in [4.69, 9.17) is 9.47 Å². The van der Waals surface area contributed by atoms with Crippen molar-refractivity contribution >= 4 is 22.0 Å². The van der Waals surface area contributed by atoms with Crippen molar-refractivity contribution in [1.82, 2.24) is 9.62 Å². The Labute approximate surface area is 174 Å². The van der Waals surface area contributed by atoms with Gasteiger partial charge in [0.15, 0.2) is 5.82 Å². The second-order valence-electron chi connectivity index (χ2n) is 7.34. The molecule has 1 amide bonds. The Morgan fingerprint density at radius 2 is 2.07 bits per heavy atom. The van der Waals surface area contributed by atoms with E-state index in [1.54, 1.807) is 6.07 Å². The Hall–Kier alpha value is -2.85. The Bertz CT molecular complexity index is 1070. The molecule has 1 fully saturated rings. The van der Waals surface area contributed by atoms with Crippen molar-refractivity contribution in [2.45, 2.75) is 25.9 Å². The summed E-state index contributed by atoms with van der Waals surface area (Å²) < 4.78 is 53.4. The van der Waals surface area contributed by atoms with Gasteiger partial charge in [-0.25, -0.2) is 13.9 Å². The summed E-state index contributed by atoms with van der Waals surface area (Å²) >= 11 is 0. The van der Waals surface area contributed by atoms with Crippen molar-refractivity contribution in [1.29, 1.82) is 0 Å². The number of amides is 1. The topological polar surface area (TPSA) is 97.0 Å². The highest BCUT2D eigenvalue weighted by Gasteiger charge is 2.27. The lowest BCUT2D eigenvalue weighted by molar-refractivity contribution is 0.134. The predicted molar refractivity (Wildman–Crippen MR) is 108 cm³/mol. The van der Waals surface area contributed by atoms with Crippen LogP contribution in [0.4, 0.5) is 14.9 Å². The Kier molecular flexibility index (Phi) is 5.52. The lowest BCUT2D eigenvalue weighted by atomic mass is 10.1. The van der Waals surface area contributed by atoms with Crippen LogP contribution in [0.5, 0.6) is 11.5 Å². The molecule has 0 bridgehead atoms. The Morgan fingerprint density at radius 1 is 1.27 bits per heavy atom. The number of nitrogens with one attached hydrogen (secondary N) is 2. The highest BCUT2D eigenvalue weighted by Crippen LogP contribution is 2.33. The second-order valence-corrected chi connectivity index (χ2v) is 8.96. The summed E-state index contributed by atoms with van der Waals surface area (Å²) in [5, 5.41) is 0. The van der Waals surface area contributed by atoms with Crippen LogP contribution in [0.1, 0.15) is 24.0 Å². The maximum atomic E-state index is 14.8. The number of carbonyl (C=O) groups is 1. The number of nitrogens with zero attached hydrogens (tertiary/aromatic N) is 1. The Balaban J connectivity index is 1.47. The molecule has 1 heterocycles. The summed E-state index contributed by atoms with van der Waals surface area (Å²) in [6.07, 6.45) is 1.76. The summed E-state index contributed by atoms with van der Waals surface area (Å²) in [5.41, 5.74) is 0.738. The van der Waals surface area contributed by atoms with Gasteiger partial charge in [-0.1, -0.05) is 12.1 Å². The van der Waals surface area contributed by atoms with Crippen LogP contribution in [0.25, 0.3) is 0 Å². The van der Waals surface area contributed by atoms with Gasteiger partial charge in [0.2, 0.25) is 0 Å². The molecule has 1 saturated carbocycles. The molecule has 0 spiro atoms. The molecule has 30 heavy (non-hydrogen) atoms. The summed E-state index contributed by atoms with van der Waals surface area (Å²) in [7, 11) is -2.65. The molecular formula is C20H22FN3O5S. The number of anilines is 1. The third-order valence-corrected chi connectivity index (χ3v) is 6.02. The molecule has 0 atom stereocenters. The van der Waals surface area contributed by atoms with Crippen molar-refractivity contribution in [2.75, 3.05) is 18.4 Å². The third kappa shape index (κ3) is 4.65. The van der Waals surface area contributed by atoms with E-state index >= 15 is 0 Å². The van der Waals surface area contributed by atoms with E-state index in [1.807, 2.05) is 12.1 Å². The van der Waals surface area contributed by atoms with Gasteiger partial charge < -0.3 is 9.47 Å². The zero-order valence-corrected chi connectivity index (χ0v) is 17.2. The number of fused-ring (bicyclic) bond motifs is 1. The van der Waals surface area contributed by atoms with Crippen LogP contribution in [0.2, 0.25) is 0 Å². The van der Waals surface area contributed by atoms with Crippen molar-refractivity contribution in [3.8, 4) is 11.5 Å². The number of benzene rings is 2. The Morgan fingerprint density at radius 3 is 2.80 bits per heavy atom. The third-order valence-electron chi connectivity index (χ3n) is 4.99. The van der Waals surface area contributed by atoms with Gasteiger partial charge in [0, 0.05) is 24.2 Å². The predicted octanol–water partition coefficient (Wildman–Crippen LogP) is 3.01. The van der Waals surface area contributed by atoms with Crippen molar-refractivity contribution in [3.05, 3.63) is 53.3 Å². The van der Waals surface area contributed by atoms with Gasteiger partial charge in [-0.2, -0.15) is 8.42 Å². The van der Waals surface area contributed by atoms with E-state index in [0.717, 1.165) is 5.56 Å². The maximum absolute atomic E-state index is 14.8. The highest BCUT2D eigenvalue weighted by atomic mass is 32.2. The normalized spacial score (nSPS) is 16.1. The number of ether oxygens (including phenoxy) is 2. The first-order valence-electron chi connectivity index (χ1n) is 9.56. The number of rotatable bonds is 8. The molecule has 0 aromatic heterocycles. The van der Waals surface area contributed by atoms with Crippen LogP contribution in [0.15, 0.2) is 36.4 Å². The summed E-state index contributed by atoms with van der Waals surface area (Å²) in [5.74, 6) is 0.944. The minimum Gasteiger partial charge on any atom is -0.493 e. The molecule has 2 N–H and O–H groups in total. The summed E-state index contributed by atoms with van der Waals surface area (Å²) in [6.45, 7) is 0.827. The van der Waals surface area contributed by atoms with Crippen molar-refractivity contribution in [3.63, 3.8) is 0 Å². The van der Waals surface area contributed by atoms with E-state index in [-0.39, 0.29) is 24.3 Å². The lowest BCUT2D eigenvalue weighted by Gasteiger charge is -2.28. The summed E-state index contributed by atoms with van der Waals surface area (Å²) in [4.78, 5) is 13.8. The minimum atomic E-state index is -3.86. The quantitative estimate of drug-likeness (QED) is 0.665. The zero-order chi connectivity index (χ0) is 21.3. The van der Waals surface area contributed by atoms with E-state index in [9.17, 15) is 17.6 Å². The van der Waals surface area contributed by atoms with Crippen molar-refractivity contribution < 1.29 is 27.1 Å². The first-order chi connectivity index (χ1) is 14.3. The fourth-order valence-electron chi connectivity index (χ4n) is 3.08. The first-order valence-corrected chi connectivity index (χ1v) is 11.0. The molecule has 0 unspecified atom stereocenters. The molecule has 4 rings (SSSR count). The molecule has 2 aromatic carbocycles. The molecule has 8 nitrogen and oxygen atoms in total. The van der Waals surface area contributed by atoms with Gasteiger partial charge in [0.25, 0.3) is 10.2 Å². The number of hydrogen-bond acceptors (Lipinski definition) is 5. The van der Waals surface area contributed by atoms with Gasteiger partial charge in [0.1, 0.15) is 11.5 Å². The SMILES string of the molecule is CNS(=O)(=O)Nc1cccc(CN2Cc3ccc(OCC4CC4)cc3OC2=O)c1F. The van der Waals surface area contributed by atoms with Gasteiger partial charge >= 0.3 is 6.09 Å².